The highest BCUT2D eigenvalue weighted by atomic mass is 16.6. The molecule has 2 rings (SSSR count). The van der Waals surface area contributed by atoms with Crippen molar-refractivity contribution in [2.24, 2.45) is 7.05 Å². The lowest BCUT2D eigenvalue weighted by atomic mass is 9.84. The summed E-state index contributed by atoms with van der Waals surface area (Å²) in [6.45, 7) is 6.82. The Morgan fingerprint density at radius 1 is 1.36 bits per heavy atom. The summed E-state index contributed by atoms with van der Waals surface area (Å²) in [5.41, 5.74) is 0.737. The second-order valence-electron chi connectivity index (χ2n) is 6.73. The molecular weight excluding hydrogens is 285 g/mol. The fourth-order valence-corrected chi connectivity index (χ4v) is 2.70. The van der Waals surface area contributed by atoms with Gasteiger partial charge in [-0.15, -0.1) is 0 Å². The van der Waals surface area contributed by atoms with Gasteiger partial charge in [-0.1, -0.05) is 0 Å². The molecule has 2 N–H and O–H groups in total. The van der Waals surface area contributed by atoms with Crippen LogP contribution in [0.2, 0.25) is 0 Å². The Morgan fingerprint density at radius 3 is 2.41 bits per heavy atom. The molecule has 0 saturated carbocycles. The summed E-state index contributed by atoms with van der Waals surface area (Å²) in [5.74, 6) is 0.253. The van der Waals surface area contributed by atoms with Crippen LogP contribution in [0.5, 0.6) is 0 Å². The maximum Gasteiger partial charge on any atom is 0.510 e. The Morgan fingerprint density at radius 2 is 1.95 bits per heavy atom. The zero-order chi connectivity index (χ0) is 16.5. The molecule has 0 radical (unpaired) electrons. The van der Waals surface area contributed by atoms with Crippen molar-refractivity contribution in [3.8, 4) is 0 Å². The Balaban J connectivity index is 1.96. The summed E-state index contributed by atoms with van der Waals surface area (Å²) in [7, 11) is 0.239. The van der Waals surface area contributed by atoms with Crippen LogP contribution in [0.15, 0.2) is 6.07 Å². The number of rotatable bonds is 2. The number of hydrogen-bond acceptors (Lipinski definition) is 5. The topological polar surface area (TPSA) is 87.8 Å². The van der Waals surface area contributed by atoms with Gasteiger partial charge in [0.05, 0.1) is 5.59 Å². The average Bonchev–Trinajstić information content (AvgIpc) is 2.79. The predicted molar refractivity (Wildman–Crippen MR) is 82.8 cm³/mol. The van der Waals surface area contributed by atoms with Crippen LogP contribution in [0.4, 0.5) is 4.79 Å². The zero-order valence-electron chi connectivity index (χ0n) is 13.6. The second kappa shape index (κ2) is 6.30. The summed E-state index contributed by atoms with van der Waals surface area (Å²) in [5, 5.41) is 22.5. The largest absolute Gasteiger partial charge is 0.510 e. The smallest absolute Gasteiger partial charge is 0.444 e. The number of ether oxygens (including phenoxy) is 1. The molecule has 7 nitrogen and oxygen atoms in total. The number of aryl methyl sites for hydroxylation is 1. The first-order valence-corrected chi connectivity index (χ1v) is 7.55. The number of piperidine rings is 1. The minimum Gasteiger partial charge on any atom is -0.444 e. The molecule has 0 aliphatic carbocycles. The van der Waals surface area contributed by atoms with Gasteiger partial charge >= 0.3 is 13.2 Å². The third-order valence-corrected chi connectivity index (χ3v) is 3.76. The van der Waals surface area contributed by atoms with E-state index in [2.05, 4.69) is 5.10 Å². The second-order valence-corrected chi connectivity index (χ2v) is 6.73. The summed E-state index contributed by atoms with van der Waals surface area (Å²) < 4.78 is 7.06. The first-order chi connectivity index (χ1) is 10.2. The van der Waals surface area contributed by atoms with Gasteiger partial charge in [-0.05, 0) is 39.7 Å². The van der Waals surface area contributed by atoms with Gasteiger partial charge in [-0.25, -0.2) is 4.79 Å². The fourth-order valence-electron chi connectivity index (χ4n) is 2.70. The van der Waals surface area contributed by atoms with Crippen LogP contribution in [0.1, 0.15) is 45.2 Å². The molecule has 0 unspecified atom stereocenters. The van der Waals surface area contributed by atoms with Crippen LogP contribution in [0.3, 0.4) is 0 Å². The lowest BCUT2D eigenvalue weighted by Crippen LogP contribution is -2.41. The van der Waals surface area contributed by atoms with E-state index in [-0.39, 0.29) is 17.6 Å². The number of likely N-dealkylation sites (tertiary alicyclic amines) is 1. The van der Waals surface area contributed by atoms with Crippen molar-refractivity contribution in [2.75, 3.05) is 13.1 Å². The molecule has 0 aromatic carbocycles. The molecule has 1 saturated heterocycles. The number of amides is 1. The van der Waals surface area contributed by atoms with E-state index in [4.69, 9.17) is 4.74 Å². The minimum absolute atomic E-state index is 0.253. The van der Waals surface area contributed by atoms with E-state index in [1.54, 1.807) is 22.7 Å². The van der Waals surface area contributed by atoms with Gasteiger partial charge in [0.15, 0.2) is 0 Å². The number of hydrogen-bond donors (Lipinski definition) is 2. The molecule has 22 heavy (non-hydrogen) atoms. The fraction of sp³-hybridized carbons (Fsp3) is 0.714. The SMILES string of the molecule is Cn1nc(B(O)O)cc1C1CCN(C(=O)OC(C)(C)C)CC1. The highest BCUT2D eigenvalue weighted by molar-refractivity contribution is 6.57. The summed E-state index contributed by atoms with van der Waals surface area (Å²) >= 11 is 0. The van der Waals surface area contributed by atoms with Gasteiger partial charge in [-0.3, -0.25) is 4.68 Å². The monoisotopic (exact) mass is 309 g/mol. The van der Waals surface area contributed by atoms with Crippen molar-refractivity contribution in [3.63, 3.8) is 0 Å². The molecule has 0 bridgehead atoms. The number of carbonyl (C=O) groups is 1. The lowest BCUT2D eigenvalue weighted by molar-refractivity contribution is 0.0203. The summed E-state index contributed by atoms with van der Waals surface area (Å²) in [6, 6.07) is 1.72. The third kappa shape index (κ3) is 4.01. The van der Waals surface area contributed by atoms with Crippen molar-refractivity contribution in [1.82, 2.24) is 14.7 Å². The van der Waals surface area contributed by atoms with Crippen LogP contribution in [0.25, 0.3) is 0 Å². The molecule has 2 heterocycles. The maximum absolute atomic E-state index is 12.0. The van der Waals surface area contributed by atoms with Crippen molar-refractivity contribution < 1.29 is 19.6 Å². The van der Waals surface area contributed by atoms with Crippen molar-refractivity contribution in [1.29, 1.82) is 0 Å². The molecule has 8 heteroatoms. The summed E-state index contributed by atoms with van der Waals surface area (Å²) in [4.78, 5) is 13.8. The molecule has 122 valence electrons. The standard InChI is InChI=1S/C14H24BN3O4/c1-14(2,3)22-13(19)18-7-5-10(6-8-18)11-9-12(15(20)21)16-17(11)4/h9-10,20-21H,5-8H2,1-4H3. The van der Waals surface area contributed by atoms with Gasteiger partial charge in [0.2, 0.25) is 0 Å². The highest BCUT2D eigenvalue weighted by Crippen LogP contribution is 2.27. The Labute approximate surface area is 131 Å². The number of nitrogens with zero attached hydrogens (tertiary/aromatic N) is 3. The molecule has 1 aliphatic heterocycles. The Bertz CT molecular complexity index is 531. The highest BCUT2D eigenvalue weighted by Gasteiger charge is 2.29. The number of carbonyl (C=O) groups excluding carboxylic acids is 1. The van der Waals surface area contributed by atoms with Crippen LogP contribution < -0.4 is 5.59 Å². The van der Waals surface area contributed by atoms with Gasteiger partial charge < -0.3 is 19.7 Å². The molecular formula is C14H24BN3O4. The maximum atomic E-state index is 12.0. The van der Waals surface area contributed by atoms with Crippen LogP contribution >= 0.6 is 0 Å². The van der Waals surface area contributed by atoms with Gasteiger partial charge in [0, 0.05) is 31.7 Å². The van der Waals surface area contributed by atoms with Crippen molar-refractivity contribution in [3.05, 3.63) is 11.8 Å². The summed E-state index contributed by atoms with van der Waals surface area (Å²) in [6.07, 6.45) is 1.34. The van der Waals surface area contributed by atoms with E-state index in [0.29, 0.717) is 13.1 Å². The first kappa shape index (κ1) is 16.8. The van der Waals surface area contributed by atoms with Gasteiger partial charge in [0.25, 0.3) is 0 Å². The van der Waals surface area contributed by atoms with Gasteiger partial charge in [-0.2, -0.15) is 5.10 Å². The van der Waals surface area contributed by atoms with E-state index in [1.165, 1.54) is 0 Å². The molecule has 1 aliphatic rings. The molecule has 1 aromatic rings. The molecule has 1 aromatic heterocycles. The lowest BCUT2D eigenvalue weighted by Gasteiger charge is -2.33. The van der Waals surface area contributed by atoms with E-state index in [0.717, 1.165) is 18.5 Å². The molecule has 1 fully saturated rings. The molecule has 0 atom stereocenters. The van der Waals surface area contributed by atoms with E-state index in [1.807, 2.05) is 20.8 Å². The molecule has 1 amide bonds. The third-order valence-electron chi connectivity index (χ3n) is 3.76. The Kier molecular flexibility index (Phi) is 4.82. The van der Waals surface area contributed by atoms with Crippen LogP contribution in [-0.2, 0) is 11.8 Å². The zero-order valence-corrected chi connectivity index (χ0v) is 13.6. The van der Waals surface area contributed by atoms with E-state index >= 15 is 0 Å². The predicted octanol–water partition coefficient (Wildman–Crippen LogP) is 0.214. The first-order valence-electron chi connectivity index (χ1n) is 7.55. The van der Waals surface area contributed by atoms with Crippen molar-refractivity contribution in [2.45, 2.75) is 45.1 Å². The normalized spacial score (nSPS) is 16.7. The van der Waals surface area contributed by atoms with E-state index < -0.39 is 12.7 Å². The van der Waals surface area contributed by atoms with E-state index in [9.17, 15) is 14.8 Å². The minimum atomic E-state index is -1.55. The van der Waals surface area contributed by atoms with Crippen molar-refractivity contribution >= 4 is 18.8 Å². The van der Waals surface area contributed by atoms with Crippen LogP contribution in [0, 0.1) is 0 Å². The van der Waals surface area contributed by atoms with Gasteiger partial charge in [0.1, 0.15) is 5.60 Å². The molecule has 0 spiro atoms. The van der Waals surface area contributed by atoms with Crippen LogP contribution in [-0.4, -0.2) is 56.6 Å². The Hall–Kier alpha value is -1.54. The average molecular weight is 309 g/mol. The quantitative estimate of drug-likeness (QED) is 0.763. The number of aromatic nitrogens is 2.